The number of ether oxygens (including phenoxy) is 1. The standard InChI is InChI=1S/C15H21F5OS/c1-4-6-8-13-9-10-14(21-11-7-5-2)15(12(13)3)22(16,17,18,19)20/h4,9-10H,1,5-8,11H2,2-3H3. The van der Waals surface area contributed by atoms with E-state index in [2.05, 4.69) is 6.58 Å². The van der Waals surface area contributed by atoms with Crippen LogP contribution in [0.3, 0.4) is 0 Å². The molecule has 1 rings (SSSR count). The summed E-state index contributed by atoms with van der Waals surface area (Å²) in [4.78, 5) is -1.89. The van der Waals surface area contributed by atoms with Gasteiger partial charge in [-0.25, -0.2) is 0 Å². The molecule has 0 saturated heterocycles. The highest BCUT2D eigenvalue weighted by Gasteiger charge is 2.68. The molecule has 22 heavy (non-hydrogen) atoms. The molecule has 0 N–H and O–H groups in total. The van der Waals surface area contributed by atoms with Gasteiger partial charge in [0.1, 0.15) is 5.75 Å². The molecule has 0 saturated carbocycles. The van der Waals surface area contributed by atoms with Gasteiger partial charge < -0.3 is 4.74 Å². The van der Waals surface area contributed by atoms with Crippen LogP contribution < -0.4 is 4.74 Å². The van der Waals surface area contributed by atoms with E-state index >= 15 is 0 Å². The number of rotatable bonds is 8. The van der Waals surface area contributed by atoms with E-state index in [4.69, 9.17) is 4.74 Å². The van der Waals surface area contributed by atoms with E-state index < -0.39 is 26.4 Å². The molecular formula is C15H21F5OS. The van der Waals surface area contributed by atoms with Crippen LogP contribution in [0.25, 0.3) is 0 Å². The average molecular weight is 344 g/mol. The molecule has 0 aliphatic heterocycles. The Bertz CT molecular complexity index is 551. The second-order valence-electron chi connectivity index (χ2n) is 5.18. The third kappa shape index (κ3) is 4.90. The molecule has 1 aromatic carbocycles. The minimum absolute atomic E-state index is 0.0250. The van der Waals surface area contributed by atoms with Crippen LogP contribution in [0.4, 0.5) is 19.4 Å². The summed E-state index contributed by atoms with van der Waals surface area (Å²) in [6, 6.07) is 2.40. The van der Waals surface area contributed by atoms with Crippen molar-refractivity contribution < 1.29 is 24.2 Å². The normalized spacial score (nSPS) is 15.0. The van der Waals surface area contributed by atoms with E-state index in [1.54, 1.807) is 0 Å². The van der Waals surface area contributed by atoms with E-state index in [1.165, 1.54) is 12.1 Å². The van der Waals surface area contributed by atoms with Gasteiger partial charge in [0.05, 0.1) is 6.61 Å². The van der Waals surface area contributed by atoms with E-state index in [1.807, 2.05) is 6.92 Å². The van der Waals surface area contributed by atoms with Gasteiger partial charge in [0.2, 0.25) is 0 Å². The van der Waals surface area contributed by atoms with Crippen molar-refractivity contribution in [3.63, 3.8) is 0 Å². The Balaban J connectivity index is 3.41. The summed E-state index contributed by atoms with van der Waals surface area (Å²) in [5.41, 5.74) is -0.235. The van der Waals surface area contributed by atoms with Crippen LogP contribution in [-0.4, -0.2) is 6.61 Å². The van der Waals surface area contributed by atoms with Crippen LogP contribution in [0.1, 0.15) is 37.3 Å². The van der Waals surface area contributed by atoms with Crippen molar-refractivity contribution in [2.45, 2.75) is 44.4 Å². The molecule has 0 atom stereocenters. The first kappa shape index (κ1) is 18.8. The molecule has 0 aliphatic carbocycles. The Labute approximate surface area is 127 Å². The molecule has 128 valence electrons. The monoisotopic (exact) mass is 344 g/mol. The summed E-state index contributed by atoms with van der Waals surface area (Å²) in [5.74, 6) is -0.785. The van der Waals surface area contributed by atoms with Crippen molar-refractivity contribution in [1.29, 1.82) is 0 Å². The summed E-state index contributed by atoms with van der Waals surface area (Å²) >= 11 is 0. The Morgan fingerprint density at radius 3 is 2.32 bits per heavy atom. The first-order chi connectivity index (χ1) is 9.90. The molecule has 0 aromatic heterocycles. The fraction of sp³-hybridized carbons (Fsp3) is 0.467. The molecule has 0 bridgehead atoms. The van der Waals surface area contributed by atoms with Crippen LogP contribution in [0, 0.1) is 6.92 Å². The number of halogens is 5. The minimum atomic E-state index is -9.83. The SMILES string of the molecule is C=CCCc1ccc(OCCCC)c(S(F)(F)(F)(F)F)c1C. The summed E-state index contributed by atoms with van der Waals surface area (Å²) < 4.78 is 71.9. The third-order valence-electron chi connectivity index (χ3n) is 3.24. The fourth-order valence-electron chi connectivity index (χ4n) is 2.16. The number of benzene rings is 1. The molecule has 0 spiro atoms. The first-order valence-electron chi connectivity index (χ1n) is 7.01. The van der Waals surface area contributed by atoms with Crippen LogP contribution in [0.5, 0.6) is 5.75 Å². The maximum atomic E-state index is 13.4. The van der Waals surface area contributed by atoms with Crippen molar-refractivity contribution in [2.24, 2.45) is 0 Å². The molecule has 0 heterocycles. The van der Waals surface area contributed by atoms with Gasteiger partial charge in [-0.05, 0) is 43.4 Å². The number of allylic oxidation sites excluding steroid dienone is 1. The number of unbranched alkanes of at least 4 members (excludes halogenated alkanes) is 1. The van der Waals surface area contributed by atoms with E-state index in [-0.39, 0.29) is 18.6 Å². The minimum Gasteiger partial charge on any atom is -0.492 e. The van der Waals surface area contributed by atoms with Gasteiger partial charge in [-0.3, -0.25) is 0 Å². The zero-order chi connectivity index (χ0) is 17.1. The highest BCUT2D eigenvalue weighted by molar-refractivity contribution is 8.45. The predicted octanol–water partition coefficient (Wildman–Crippen LogP) is 6.95. The number of hydrogen-bond donors (Lipinski definition) is 0. The van der Waals surface area contributed by atoms with Crippen LogP contribution in [0.15, 0.2) is 29.7 Å². The second-order valence-corrected chi connectivity index (χ2v) is 7.52. The van der Waals surface area contributed by atoms with Gasteiger partial charge in [-0.1, -0.05) is 44.9 Å². The van der Waals surface area contributed by atoms with Gasteiger partial charge in [0.15, 0.2) is 4.90 Å². The summed E-state index contributed by atoms with van der Waals surface area (Å²) in [6.45, 7) is 6.36. The molecular weight excluding hydrogens is 323 g/mol. The van der Waals surface area contributed by atoms with Gasteiger partial charge in [-0.15, -0.1) is 6.58 Å². The Hall–Kier alpha value is -1.24. The lowest BCUT2D eigenvalue weighted by molar-refractivity contribution is 0.289. The van der Waals surface area contributed by atoms with Crippen molar-refractivity contribution in [1.82, 2.24) is 0 Å². The molecule has 0 amide bonds. The Morgan fingerprint density at radius 1 is 1.18 bits per heavy atom. The van der Waals surface area contributed by atoms with Crippen LogP contribution >= 0.6 is 10.2 Å². The first-order valence-corrected chi connectivity index (χ1v) is 8.96. The molecule has 7 heteroatoms. The highest BCUT2D eigenvalue weighted by atomic mass is 32.5. The molecule has 0 radical (unpaired) electrons. The third-order valence-corrected chi connectivity index (χ3v) is 4.52. The predicted molar refractivity (Wildman–Crippen MR) is 81.5 cm³/mol. The number of hydrogen-bond acceptors (Lipinski definition) is 1. The zero-order valence-corrected chi connectivity index (χ0v) is 13.5. The molecule has 0 unspecified atom stereocenters. The van der Waals surface area contributed by atoms with Crippen molar-refractivity contribution in [3.8, 4) is 5.75 Å². The molecule has 0 aliphatic rings. The molecule has 0 fully saturated rings. The van der Waals surface area contributed by atoms with Crippen molar-refractivity contribution >= 4 is 10.2 Å². The van der Waals surface area contributed by atoms with Crippen LogP contribution in [-0.2, 0) is 6.42 Å². The second kappa shape index (κ2) is 5.76. The van der Waals surface area contributed by atoms with E-state index in [9.17, 15) is 19.4 Å². The largest absolute Gasteiger partial charge is 0.492 e. The smallest absolute Gasteiger partial charge is 0.314 e. The topological polar surface area (TPSA) is 9.23 Å². The van der Waals surface area contributed by atoms with Gasteiger partial charge in [0, 0.05) is 0 Å². The van der Waals surface area contributed by atoms with E-state index in [0.717, 1.165) is 13.0 Å². The maximum Gasteiger partial charge on any atom is 0.314 e. The van der Waals surface area contributed by atoms with Crippen molar-refractivity contribution in [2.75, 3.05) is 6.61 Å². The molecule has 1 nitrogen and oxygen atoms in total. The average Bonchev–Trinajstić information content (AvgIpc) is 2.35. The van der Waals surface area contributed by atoms with Gasteiger partial charge in [-0.2, -0.15) is 0 Å². The van der Waals surface area contributed by atoms with Gasteiger partial charge >= 0.3 is 10.2 Å². The lowest BCUT2D eigenvalue weighted by Gasteiger charge is -2.42. The van der Waals surface area contributed by atoms with Crippen LogP contribution in [0.2, 0.25) is 0 Å². The van der Waals surface area contributed by atoms with Crippen molar-refractivity contribution in [3.05, 3.63) is 35.9 Å². The maximum absolute atomic E-state index is 13.4. The lowest BCUT2D eigenvalue weighted by Crippen LogP contribution is -2.13. The van der Waals surface area contributed by atoms with Gasteiger partial charge in [0.25, 0.3) is 0 Å². The summed E-state index contributed by atoms with van der Waals surface area (Å²) in [6.07, 6.45) is 3.37. The summed E-state index contributed by atoms with van der Waals surface area (Å²) in [5, 5.41) is 0. The zero-order valence-electron chi connectivity index (χ0n) is 12.7. The molecule has 1 aromatic rings. The van der Waals surface area contributed by atoms with E-state index in [0.29, 0.717) is 19.3 Å². The fourth-order valence-corrected chi connectivity index (χ4v) is 3.37. The lowest BCUT2D eigenvalue weighted by atomic mass is 10.0. The highest BCUT2D eigenvalue weighted by Crippen LogP contribution is 3.03. The number of aryl methyl sites for hydroxylation is 1. The summed E-state index contributed by atoms with van der Waals surface area (Å²) in [7, 11) is -9.83. The quantitative estimate of drug-likeness (QED) is 0.282. The Morgan fingerprint density at radius 2 is 1.82 bits per heavy atom. The Kier molecular flexibility index (Phi) is 4.92.